The van der Waals surface area contributed by atoms with E-state index in [0.29, 0.717) is 18.8 Å². The Morgan fingerprint density at radius 2 is 2.12 bits per heavy atom. The van der Waals surface area contributed by atoms with Crippen molar-refractivity contribution in [2.24, 2.45) is 5.92 Å². The molecule has 2 aliphatic rings. The molecule has 1 unspecified atom stereocenters. The second kappa shape index (κ2) is 4.00. The third kappa shape index (κ3) is 1.66. The maximum absolute atomic E-state index is 11.7. The summed E-state index contributed by atoms with van der Waals surface area (Å²) in [6.45, 7) is 1.34. The second-order valence-electron chi connectivity index (χ2n) is 4.52. The van der Waals surface area contributed by atoms with Crippen LogP contribution in [0.3, 0.4) is 0 Å². The van der Waals surface area contributed by atoms with Crippen LogP contribution in [0.1, 0.15) is 12.0 Å². The van der Waals surface area contributed by atoms with Crippen LogP contribution < -0.4 is 0 Å². The zero-order chi connectivity index (χ0) is 11.0. The van der Waals surface area contributed by atoms with Crippen molar-refractivity contribution in [2.45, 2.75) is 18.9 Å². The van der Waals surface area contributed by atoms with Gasteiger partial charge in [-0.05, 0) is 12.0 Å². The van der Waals surface area contributed by atoms with Crippen LogP contribution in [0.4, 0.5) is 0 Å². The average molecular weight is 217 g/mol. The van der Waals surface area contributed by atoms with Crippen molar-refractivity contribution in [1.29, 1.82) is 0 Å². The number of hydrogen-bond acceptors (Lipinski definition) is 3. The van der Waals surface area contributed by atoms with Gasteiger partial charge in [0.1, 0.15) is 5.78 Å². The molecule has 2 heterocycles. The summed E-state index contributed by atoms with van der Waals surface area (Å²) in [5.74, 6) is 0.462. The normalized spacial score (nSPS) is 33.0. The van der Waals surface area contributed by atoms with Crippen molar-refractivity contribution < 1.29 is 9.63 Å². The number of Topliss-reactive ketones (excluding diaryl/α,β-unsaturated/α-hetero) is 1. The zero-order valence-electron chi connectivity index (χ0n) is 9.13. The molecule has 0 spiro atoms. The highest BCUT2D eigenvalue weighted by Crippen LogP contribution is 2.30. The van der Waals surface area contributed by atoms with E-state index in [1.165, 1.54) is 5.56 Å². The minimum Gasteiger partial charge on any atom is -0.299 e. The molecule has 3 atom stereocenters. The summed E-state index contributed by atoms with van der Waals surface area (Å²) < 4.78 is 0. The van der Waals surface area contributed by atoms with E-state index in [4.69, 9.17) is 4.84 Å². The van der Waals surface area contributed by atoms with E-state index in [0.717, 1.165) is 13.0 Å². The molecule has 3 heteroatoms. The summed E-state index contributed by atoms with van der Waals surface area (Å²) in [5.41, 5.74) is 1.28. The fourth-order valence-electron chi connectivity index (χ4n) is 2.63. The first-order valence-corrected chi connectivity index (χ1v) is 5.81. The van der Waals surface area contributed by atoms with Crippen LogP contribution in [0.25, 0.3) is 0 Å². The van der Waals surface area contributed by atoms with Gasteiger partial charge < -0.3 is 0 Å². The van der Waals surface area contributed by atoms with Crippen LogP contribution in [0.5, 0.6) is 0 Å². The standard InChI is InChI=1S/C13H15NO2/c15-13-6-7-14-12(11(13)9-16-14)8-10-4-2-1-3-5-10/h1-5,11-12H,6-9H2/t11-,12+/m1/s1. The molecule has 0 saturated carbocycles. The molecular weight excluding hydrogens is 202 g/mol. The Balaban J connectivity index is 1.78. The van der Waals surface area contributed by atoms with Crippen molar-refractivity contribution in [3.05, 3.63) is 35.9 Å². The lowest BCUT2D eigenvalue weighted by molar-refractivity contribution is -0.142. The van der Waals surface area contributed by atoms with Crippen molar-refractivity contribution in [3.63, 3.8) is 0 Å². The number of carbonyl (C=O) groups excluding carboxylic acids is 1. The van der Waals surface area contributed by atoms with E-state index in [9.17, 15) is 4.79 Å². The van der Waals surface area contributed by atoms with Gasteiger partial charge >= 0.3 is 0 Å². The summed E-state index contributed by atoms with van der Waals surface area (Å²) in [6.07, 6.45) is 1.56. The first kappa shape index (κ1) is 10.00. The summed E-state index contributed by atoms with van der Waals surface area (Å²) in [4.78, 5) is 17.3. The van der Waals surface area contributed by atoms with Crippen molar-refractivity contribution in [3.8, 4) is 0 Å². The Hall–Kier alpha value is -1.19. The molecule has 84 valence electrons. The van der Waals surface area contributed by atoms with Crippen LogP contribution in [-0.2, 0) is 16.1 Å². The third-order valence-corrected chi connectivity index (χ3v) is 3.53. The molecule has 2 fully saturated rings. The van der Waals surface area contributed by atoms with Crippen LogP contribution in [0.15, 0.2) is 30.3 Å². The lowest BCUT2D eigenvalue weighted by atomic mass is 9.87. The fraction of sp³-hybridized carbons (Fsp3) is 0.462. The van der Waals surface area contributed by atoms with Gasteiger partial charge in [-0.1, -0.05) is 30.3 Å². The molecule has 2 aliphatic heterocycles. The molecule has 0 N–H and O–H groups in total. The lowest BCUT2D eigenvalue weighted by Crippen LogP contribution is -2.43. The molecule has 0 aromatic heterocycles. The molecule has 2 saturated heterocycles. The number of benzene rings is 1. The Kier molecular flexibility index (Phi) is 2.50. The third-order valence-electron chi connectivity index (χ3n) is 3.53. The topological polar surface area (TPSA) is 29.5 Å². The fourth-order valence-corrected chi connectivity index (χ4v) is 2.63. The van der Waals surface area contributed by atoms with Crippen molar-refractivity contribution >= 4 is 5.78 Å². The number of ketones is 1. The Labute approximate surface area is 95.0 Å². The summed E-state index contributed by atoms with van der Waals surface area (Å²) in [7, 11) is 0. The first-order valence-electron chi connectivity index (χ1n) is 5.81. The van der Waals surface area contributed by atoms with E-state index in [1.807, 2.05) is 23.3 Å². The number of rotatable bonds is 2. The van der Waals surface area contributed by atoms with E-state index >= 15 is 0 Å². The number of carbonyl (C=O) groups is 1. The molecule has 0 radical (unpaired) electrons. The molecule has 0 amide bonds. The highest BCUT2D eigenvalue weighted by Gasteiger charge is 2.43. The van der Waals surface area contributed by atoms with Gasteiger partial charge in [-0.3, -0.25) is 9.63 Å². The first-order chi connectivity index (χ1) is 7.84. The molecule has 1 aromatic carbocycles. The minimum atomic E-state index is 0.0916. The van der Waals surface area contributed by atoms with E-state index in [1.54, 1.807) is 0 Å². The average Bonchev–Trinajstić information content (AvgIpc) is 2.60. The van der Waals surface area contributed by atoms with Gasteiger partial charge in [0, 0.05) is 13.0 Å². The number of piperidine rings is 1. The monoisotopic (exact) mass is 217 g/mol. The van der Waals surface area contributed by atoms with Crippen LogP contribution in [0.2, 0.25) is 0 Å². The summed E-state index contributed by atoms with van der Waals surface area (Å²) in [5, 5.41) is 2.00. The quantitative estimate of drug-likeness (QED) is 0.750. The smallest absolute Gasteiger partial charge is 0.141 e. The predicted molar refractivity (Wildman–Crippen MR) is 59.7 cm³/mol. The lowest BCUT2D eigenvalue weighted by Gasteiger charge is -2.29. The number of nitrogens with zero attached hydrogens (tertiary/aromatic N) is 1. The molecule has 3 nitrogen and oxygen atoms in total. The van der Waals surface area contributed by atoms with Crippen molar-refractivity contribution in [1.82, 2.24) is 5.06 Å². The Morgan fingerprint density at radius 1 is 1.31 bits per heavy atom. The second-order valence-corrected chi connectivity index (χ2v) is 4.52. The van der Waals surface area contributed by atoms with Crippen LogP contribution in [0, 0.1) is 5.92 Å². The SMILES string of the molecule is O=C1CCN2OC[C@@H]1[C@@H]2Cc1ccccc1. The predicted octanol–water partition coefficient (Wildman–Crippen LogP) is 1.43. The highest BCUT2D eigenvalue weighted by molar-refractivity contribution is 5.83. The van der Waals surface area contributed by atoms with Gasteiger partial charge in [-0.2, -0.15) is 5.06 Å². The van der Waals surface area contributed by atoms with Crippen LogP contribution >= 0.6 is 0 Å². The molecule has 0 aliphatic carbocycles. The zero-order valence-corrected chi connectivity index (χ0v) is 9.13. The van der Waals surface area contributed by atoms with Crippen LogP contribution in [-0.4, -0.2) is 30.0 Å². The number of hydrogen-bond donors (Lipinski definition) is 0. The van der Waals surface area contributed by atoms with E-state index < -0.39 is 0 Å². The Morgan fingerprint density at radius 3 is 2.94 bits per heavy atom. The van der Waals surface area contributed by atoms with E-state index in [2.05, 4.69) is 12.1 Å². The van der Waals surface area contributed by atoms with Gasteiger partial charge in [-0.25, -0.2) is 0 Å². The van der Waals surface area contributed by atoms with Gasteiger partial charge in [0.05, 0.1) is 18.6 Å². The van der Waals surface area contributed by atoms with Gasteiger partial charge in [-0.15, -0.1) is 0 Å². The van der Waals surface area contributed by atoms with Gasteiger partial charge in [0.2, 0.25) is 0 Å². The van der Waals surface area contributed by atoms with Gasteiger partial charge in [0.15, 0.2) is 0 Å². The number of fused-ring (bicyclic) bond motifs is 2. The maximum atomic E-state index is 11.7. The summed E-state index contributed by atoms with van der Waals surface area (Å²) in [6, 6.07) is 10.6. The molecule has 1 aromatic rings. The Bertz CT molecular complexity index is 390. The van der Waals surface area contributed by atoms with Crippen molar-refractivity contribution in [2.75, 3.05) is 13.2 Å². The van der Waals surface area contributed by atoms with Gasteiger partial charge in [0.25, 0.3) is 0 Å². The maximum Gasteiger partial charge on any atom is 0.141 e. The molecule has 2 bridgehead atoms. The number of hydroxylamine groups is 2. The van der Waals surface area contributed by atoms with E-state index in [-0.39, 0.29) is 12.0 Å². The molecule has 3 rings (SSSR count). The highest BCUT2D eigenvalue weighted by atomic mass is 16.7. The molecule has 16 heavy (non-hydrogen) atoms. The largest absolute Gasteiger partial charge is 0.299 e. The molecular formula is C13H15NO2. The summed E-state index contributed by atoms with van der Waals surface area (Å²) >= 11 is 0. The minimum absolute atomic E-state index is 0.0916.